The molecule has 1 saturated carbocycles. The van der Waals surface area contributed by atoms with Crippen molar-refractivity contribution in [3.05, 3.63) is 0 Å². The van der Waals surface area contributed by atoms with Gasteiger partial charge in [-0.05, 0) is 39.8 Å². The highest BCUT2D eigenvalue weighted by molar-refractivity contribution is 5.81. The van der Waals surface area contributed by atoms with Crippen LogP contribution in [0.15, 0.2) is 0 Å². The minimum absolute atomic E-state index is 0.136. The molecule has 3 unspecified atom stereocenters. The monoisotopic (exact) mass is 256 g/mol. The molecule has 0 radical (unpaired) electrons. The van der Waals surface area contributed by atoms with Crippen LogP contribution in [0, 0.1) is 0 Å². The van der Waals surface area contributed by atoms with E-state index in [1.54, 1.807) is 0 Å². The lowest BCUT2D eigenvalue weighted by molar-refractivity contribution is -0.148. The Labute approximate surface area is 109 Å². The van der Waals surface area contributed by atoms with E-state index in [9.17, 15) is 4.79 Å². The van der Waals surface area contributed by atoms with E-state index in [0.717, 1.165) is 38.9 Å². The molecule has 0 amide bonds. The molecule has 0 bridgehead atoms. The van der Waals surface area contributed by atoms with Gasteiger partial charge in [0.15, 0.2) is 0 Å². The molecule has 1 aliphatic carbocycles. The summed E-state index contributed by atoms with van der Waals surface area (Å²) in [6.45, 7) is 1.67. The molecular weight excluding hydrogens is 232 g/mol. The van der Waals surface area contributed by atoms with Crippen molar-refractivity contribution in [3.8, 4) is 0 Å². The summed E-state index contributed by atoms with van der Waals surface area (Å²) in [7, 11) is 5.45. The van der Waals surface area contributed by atoms with Gasteiger partial charge < -0.3 is 14.8 Å². The zero-order valence-electron chi connectivity index (χ0n) is 11.6. The number of likely N-dealkylation sites (N-methyl/N-ethyl adjacent to an activating group) is 2. The maximum atomic E-state index is 11.9. The van der Waals surface area contributed by atoms with Crippen LogP contribution in [0.1, 0.15) is 25.7 Å². The highest BCUT2D eigenvalue weighted by atomic mass is 16.5. The predicted molar refractivity (Wildman–Crippen MR) is 68.4 cm³/mol. The Morgan fingerprint density at radius 2 is 2.22 bits per heavy atom. The molecule has 2 fully saturated rings. The summed E-state index contributed by atoms with van der Waals surface area (Å²) in [4.78, 5) is 14.3. The van der Waals surface area contributed by atoms with E-state index in [1.165, 1.54) is 7.11 Å². The third-order valence-electron chi connectivity index (χ3n) is 4.60. The number of esters is 1. The van der Waals surface area contributed by atoms with Crippen LogP contribution >= 0.6 is 0 Å². The lowest BCUT2D eigenvalue weighted by Gasteiger charge is -2.31. The van der Waals surface area contributed by atoms with E-state index in [-0.39, 0.29) is 5.97 Å². The molecule has 5 nitrogen and oxygen atoms in total. The summed E-state index contributed by atoms with van der Waals surface area (Å²) in [5.74, 6) is -0.136. The Morgan fingerprint density at radius 3 is 2.78 bits per heavy atom. The third-order valence-corrected chi connectivity index (χ3v) is 4.60. The van der Waals surface area contributed by atoms with Crippen LogP contribution < -0.4 is 5.32 Å². The first-order valence-corrected chi connectivity index (χ1v) is 6.70. The Morgan fingerprint density at radius 1 is 1.44 bits per heavy atom. The quantitative estimate of drug-likeness (QED) is 0.738. The number of nitrogens with one attached hydrogen (secondary N) is 1. The summed E-state index contributed by atoms with van der Waals surface area (Å²) in [5.41, 5.74) is -0.493. The van der Waals surface area contributed by atoms with Gasteiger partial charge in [-0.1, -0.05) is 0 Å². The van der Waals surface area contributed by atoms with E-state index in [1.807, 2.05) is 7.05 Å². The molecule has 0 aromatic carbocycles. The van der Waals surface area contributed by atoms with Crippen LogP contribution in [0.5, 0.6) is 0 Å². The number of hydrogen-bond donors (Lipinski definition) is 1. The Hall–Kier alpha value is -0.650. The Bertz CT molecular complexity index is 305. The number of ether oxygens (including phenoxy) is 2. The van der Waals surface area contributed by atoms with Crippen LogP contribution in [0.3, 0.4) is 0 Å². The van der Waals surface area contributed by atoms with Crippen LogP contribution in [0.2, 0.25) is 0 Å². The second kappa shape index (κ2) is 5.55. The summed E-state index contributed by atoms with van der Waals surface area (Å²) in [6.07, 6.45) is 3.79. The number of rotatable bonds is 4. The SMILES string of the molecule is CNC1(C(=O)OC)CCC(N(C)C2CCOC2)C1. The van der Waals surface area contributed by atoms with Gasteiger partial charge in [0.05, 0.1) is 13.7 Å². The average Bonchev–Trinajstić information content (AvgIpc) is 3.06. The third kappa shape index (κ3) is 2.39. The van der Waals surface area contributed by atoms with Gasteiger partial charge in [-0.2, -0.15) is 0 Å². The number of carbonyl (C=O) groups excluding carboxylic acids is 1. The number of carbonyl (C=O) groups is 1. The van der Waals surface area contributed by atoms with Crippen LogP contribution in [0.4, 0.5) is 0 Å². The summed E-state index contributed by atoms with van der Waals surface area (Å²) < 4.78 is 10.4. The normalized spacial score (nSPS) is 36.2. The van der Waals surface area contributed by atoms with Crippen molar-refractivity contribution < 1.29 is 14.3 Å². The van der Waals surface area contributed by atoms with Gasteiger partial charge in [0.1, 0.15) is 5.54 Å². The molecule has 5 heteroatoms. The van der Waals surface area contributed by atoms with Gasteiger partial charge in [-0.15, -0.1) is 0 Å². The molecule has 1 aliphatic heterocycles. The Kier molecular flexibility index (Phi) is 4.25. The molecule has 1 saturated heterocycles. The van der Waals surface area contributed by atoms with E-state index >= 15 is 0 Å². The first-order valence-electron chi connectivity index (χ1n) is 6.70. The van der Waals surface area contributed by atoms with Crippen molar-refractivity contribution in [1.29, 1.82) is 0 Å². The topological polar surface area (TPSA) is 50.8 Å². The molecule has 0 aromatic rings. The minimum Gasteiger partial charge on any atom is -0.468 e. The molecule has 3 atom stereocenters. The first-order chi connectivity index (χ1) is 8.63. The predicted octanol–water partition coefficient (Wildman–Crippen LogP) is 0.391. The van der Waals surface area contributed by atoms with Gasteiger partial charge >= 0.3 is 5.97 Å². The molecule has 104 valence electrons. The number of nitrogens with zero attached hydrogens (tertiary/aromatic N) is 1. The fourth-order valence-corrected chi connectivity index (χ4v) is 3.22. The summed E-state index contributed by atoms with van der Waals surface area (Å²) >= 11 is 0. The highest BCUT2D eigenvalue weighted by Crippen LogP contribution is 2.34. The molecular formula is C13H24N2O3. The van der Waals surface area contributed by atoms with Crippen molar-refractivity contribution in [2.75, 3.05) is 34.4 Å². The molecule has 18 heavy (non-hydrogen) atoms. The van der Waals surface area contributed by atoms with Crippen molar-refractivity contribution in [3.63, 3.8) is 0 Å². The maximum absolute atomic E-state index is 11.9. The summed E-state index contributed by atoms with van der Waals surface area (Å²) in [6, 6.07) is 0.934. The van der Waals surface area contributed by atoms with E-state index in [2.05, 4.69) is 17.3 Å². The second-order valence-corrected chi connectivity index (χ2v) is 5.40. The van der Waals surface area contributed by atoms with Gasteiger partial charge in [0.2, 0.25) is 0 Å². The van der Waals surface area contributed by atoms with Gasteiger partial charge in [0, 0.05) is 18.7 Å². The average molecular weight is 256 g/mol. The fraction of sp³-hybridized carbons (Fsp3) is 0.923. The zero-order valence-corrected chi connectivity index (χ0v) is 11.6. The van der Waals surface area contributed by atoms with Crippen molar-refractivity contribution >= 4 is 5.97 Å². The lowest BCUT2D eigenvalue weighted by atomic mass is 9.97. The molecule has 1 N–H and O–H groups in total. The maximum Gasteiger partial charge on any atom is 0.326 e. The lowest BCUT2D eigenvalue weighted by Crippen LogP contribution is -2.50. The van der Waals surface area contributed by atoms with Crippen LogP contribution in [-0.2, 0) is 14.3 Å². The zero-order chi connectivity index (χ0) is 13.2. The summed E-state index contributed by atoms with van der Waals surface area (Å²) in [5, 5.41) is 3.17. The smallest absolute Gasteiger partial charge is 0.326 e. The van der Waals surface area contributed by atoms with Crippen molar-refractivity contribution in [2.24, 2.45) is 0 Å². The Balaban J connectivity index is 1.99. The van der Waals surface area contributed by atoms with Crippen molar-refractivity contribution in [2.45, 2.75) is 43.3 Å². The second-order valence-electron chi connectivity index (χ2n) is 5.40. The van der Waals surface area contributed by atoms with E-state index in [0.29, 0.717) is 12.1 Å². The standard InChI is InChI=1S/C13H24N2O3/c1-14-13(12(16)17-3)6-4-10(8-13)15(2)11-5-7-18-9-11/h10-11,14H,4-9H2,1-3H3. The molecule has 2 rings (SSSR count). The van der Waals surface area contributed by atoms with Crippen molar-refractivity contribution in [1.82, 2.24) is 10.2 Å². The largest absolute Gasteiger partial charge is 0.468 e. The van der Waals surface area contributed by atoms with Gasteiger partial charge in [-0.25, -0.2) is 0 Å². The van der Waals surface area contributed by atoms with E-state index < -0.39 is 5.54 Å². The van der Waals surface area contributed by atoms with E-state index in [4.69, 9.17) is 9.47 Å². The molecule has 1 heterocycles. The first kappa shape index (κ1) is 13.8. The number of methoxy groups -OCH3 is 1. The fourth-order valence-electron chi connectivity index (χ4n) is 3.22. The highest BCUT2D eigenvalue weighted by Gasteiger charge is 2.47. The minimum atomic E-state index is -0.493. The number of hydrogen-bond acceptors (Lipinski definition) is 5. The van der Waals surface area contributed by atoms with Crippen LogP contribution in [0.25, 0.3) is 0 Å². The molecule has 2 aliphatic rings. The molecule has 0 spiro atoms. The van der Waals surface area contributed by atoms with Gasteiger partial charge in [0.25, 0.3) is 0 Å². The van der Waals surface area contributed by atoms with Crippen LogP contribution in [-0.4, -0.2) is 62.9 Å². The van der Waals surface area contributed by atoms with Gasteiger partial charge in [-0.3, -0.25) is 9.69 Å². The molecule has 0 aromatic heterocycles.